The highest BCUT2D eigenvalue weighted by Crippen LogP contribution is 2.26. The highest BCUT2D eigenvalue weighted by molar-refractivity contribution is 5.94. The van der Waals surface area contributed by atoms with Crippen LogP contribution in [0.3, 0.4) is 0 Å². The fourth-order valence-corrected chi connectivity index (χ4v) is 3.40. The third-order valence-corrected chi connectivity index (χ3v) is 5.10. The second-order valence-electron chi connectivity index (χ2n) is 6.87. The van der Waals surface area contributed by atoms with Crippen molar-refractivity contribution in [2.45, 2.75) is 19.3 Å². The standard InChI is InChI=1S/C22H26N2O4/c1-27-18-9-7-16(8-10-18)15-21(25)24-13-11-17(12-14-24)22(26)23-19-5-3-4-6-20(19)28-2/h3-10,17H,11-15H2,1-2H3,(H,23,26). The summed E-state index contributed by atoms with van der Waals surface area (Å²) in [6, 6.07) is 14.9. The summed E-state index contributed by atoms with van der Waals surface area (Å²) in [6.07, 6.45) is 1.69. The summed E-state index contributed by atoms with van der Waals surface area (Å²) < 4.78 is 10.4. The zero-order valence-electron chi connectivity index (χ0n) is 16.3. The van der Waals surface area contributed by atoms with Gasteiger partial charge in [0.2, 0.25) is 11.8 Å². The van der Waals surface area contributed by atoms with E-state index in [2.05, 4.69) is 5.32 Å². The minimum Gasteiger partial charge on any atom is -0.497 e. The minimum atomic E-state index is -0.102. The van der Waals surface area contributed by atoms with Crippen LogP contribution in [0.4, 0.5) is 5.69 Å². The van der Waals surface area contributed by atoms with Gasteiger partial charge in [0.15, 0.2) is 0 Å². The van der Waals surface area contributed by atoms with E-state index in [4.69, 9.17) is 9.47 Å². The first-order valence-corrected chi connectivity index (χ1v) is 9.45. The second-order valence-corrected chi connectivity index (χ2v) is 6.87. The third-order valence-electron chi connectivity index (χ3n) is 5.10. The van der Waals surface area contributed by atoms with E-state index in [9.17, 15) is 9.59 Å². The van der Waals surface area contributed by atoms with Gasteiger partial charge in [0, 0.05) is 19.0 Å². The number of nitrogens with zero attached hydrogens (tertiary/aromatic N) is 1. The number of nitrogens with one attached hydrogen (secondary N) is 1. The first-order chi connectivity index (χ1) is 13.6. The van der Waals surface area contributed by atoms with E-state index < -0.39 is 0 Å². The molecule has 0 saturated carbocycles. The lowest BCUT2D eigenvalue weighted by Gasteiger charge is -2.31. The van der Waals surface area contributed by atoms with Crippen molar-refractivity contribution < 1.29 is 19.1 Å². The number of anilines is 1. The molecule has 0 radical (unpaired) electrons. The smallest absolute Gasteiger partial charge is 0.227 e. The average molecular weight is 382 g/mol. The van der Waals surface area contributed by atoms with Gasteiger partial charge in [-0.05, 0) is 42.7 Å². The number of carbonyl (C=O) groups is 2. The van der Waals surface area contributed by atoms with Gasteiger partial charge >= 0.3 is 0 Å². The maximum atomic E-state index is 12.6. The van der Waals surface area contributed by atoms with Crippen molar-refractivity contribution in [1.29, 1.82) is 0 Å². The van der Waals surface area contributed by atoms with Gasteiger partial charge in [0.25, 0.3) is 0 Å². The summed E-state index contributed by atoms with van der Waals surface area (Å²) in [5, 5.41) is 2.95. The van der Waals surface area contributed by atoms with Crippen molar-refractivity contribution in [2.24, 2.45) is 5.92 Å². The molecule has 2 aromatic rings. The average Bonchev–Trinajstić information content (AvgIpc) is 2.74. The van der Waals surface area contributed by atoms with Crippen molar-refractivity contribution >= 4 is 17.5 Å². The SMILES string of the molecule is COc1ccc(CC(=O)N2CCC(C(=O)Nc3ccccc3OC)CC2)cc1. The monoisotopic (exact) mass is 382 g/mol. The quantitative estimate of drug-likeness (QED) is 0.834. The molecule has 0 atom stereocenters. The highest BCUT2D eigenvalue weighted by Gasteiger charge is 2.27. The molecule has 1 aliphatic rings. The van der Waals surface area contributed by atoms with E-state index >= 15 is 0 Å². The van der Waals surface area contributed by atoms with Gasteiger partial charge in [-0.3, -0.25) is 9.59 Å². The molecule has 3 rings (SSSR count). The van der Waals surface area contributed by atoms with Crippen LogP contribution in [-0.2, 0) is 16.0 Å². The van der Waals surface area contributed by atoms with E-state index in [1.54, 1.807) is 14.2 Å². The van der Waals surface area contributed by atoms with Crippen molar-refractivity contribution in [3.63, 3.8) is 0 Å². The van der Waals surface area contributed by atoms with Crippen LogP contribution in [0.25, 0.3) is 0 Å². The molecule has 1 fully saturated rings. The fraction of sp³-hybridized carbons (Fsp3) is 0.364. The number of para-hydroxylation sites is 2. The molecular formula is C22H26N2O4. The molecule has 2 aromatic carbocycles. The van der Waals surface area contributed by atoms with Crippen molar-refractivity contribution in [1.82, 2.24) is 4.90 Å². The first kappa shape index (κ1) is 19.7. The van der Waals surface area contributed by atoms with E-state index in [1.807, 2.05) is 53.4 Å². The summed E-state index contributed by atoms with van der Waals surface area (Å²) in [5.41, 5.74) is 1.63. The van der Waals surface area contributed by atoms with Crippen LogP contribution in [0, 0.1) is 5.92 Å². The van der Waals surface area contributed by atoms with E-state index in [-0.39, 0.29) is 17.7 Å². The van der Waals surface area contributed by atoms with Crippen LogP contribution in [0.2, 0.25) is 0 Å². The largest absolute Gasteiger partial charge is 0.497 e. The molecule has 28 heavy (non-hydrogen) atoms. The lowest BCUT2D eigenvalue weighted by molar-refractivity contribution is -0.133. The van der Waals surface area contributed by atoms with Gasteiger partial charge in [-0.25, -0.2) is 0 Å². The normalized spacial score (nSPS) is 14.4. The lowest BCUT2D eigenvalue weighted by Crippen LogP contribution is -2.42. The molecule has 0 unspecified atom stereocenters. The number of carbonyl (C=O) groups excluding carboxylic acids is 2. The van der Waals surface area contributed by atoms with Gasteiger partial charge in [0.05, 0.1) is 26.3 Å². The Labute approximate surface area is 165 Å². The summed E-state index contributed by atoms with van der Waals surface area (Å²) >= 11 is 0. The lowest BCUT2D eigenvalue weighted by atomic mass is 9.95. The molecule has 6 heteroatoms. The molecule has 6 nitrogen and oxygen atoms in total. The Balaban J connectivity index is 1.50. The van der Waals surface area contributed by atoms with E-state index in [1.165, 1.54) is 0 Å². The molecule has 1 aliphatic heterocycles. The molecule has 1 heterocycles. The van der Waals surface area contributed by atoms with Crippen LogP contribution in [-0.4, -0.2) is 44.0 Å². The highest BCUT2D eigenvalue weighted by atomic mass is 16.5. The van der Waals surface area contributed by atoms with Crippen LogP contribution < -0.4 is 14.8 Å². The molecule has 2 amide bonds. The van der Waals surface area contributed by atoms with Gasteiger partial charge < -0.3 is 19.7 Å². The molecule has 1 saturated heterocycles. The molecule has 0 aromatic heterocycles. The number of benzene rings is 2. The summed E-state index contributed by atoms with van der Waals surface area (Å²) in [4.78, 5) is 27.0. The third kappa shape index (κ3) is 4.82. The Morgan fingerprint density at radius 1 is 1.00 bits per heavy atom. The number of methoxy groups -OCH3 is 2. The Kier molecular flexibility index (Phi) is 6.53. The first-order valence-electron chi connectivity index (χ1n) is 9.45. The predicted octanol–water partition coefficient (Wildman–Crippen LogP) is 3.12. The molecule has 0 spiro atoms. The Morgan fingerprint density at radius 3 is 2.32 bits per heavy atom. The van der Waals surface area contributed by atoms with Gasteiger partial charge in [0.1, 0.15) is 11.5 Å². The zero-order valence-corrected chi connectivity index (χ0v) is 16.3. The van der Waals surface area contributed by atoms with E-state index in [0.717, 1.165) is 11.3 Å². The maximum absolute atomic E-state index is 12.6. The number of piperidine rings is 1. The Bertz CT molecular complexity index is 812. The summed E-state index contributed by atoms with van der Waals surface area (Å²) in [5.74, 6) is 1.39. The molecule has 148 valence electrons. The van der Waals surface area contributed by atoms with E-state index in [0.29, 0.717) is 43.8 Å². The van der Waals surface area contributed by atoms with Gasteiger partial charge in [-0.15, -0.1) is 0 Å². The summed E-state index contributed by atoms with van der Waals surface area (Å²) in [6.45, 7) is 1.19. The van der Waals surface area contributed by atoms with Crippen LogP contribution in [0.5, 0.6) is 11.5 Å². The fourth-order valence-electron chi connectivity index (χ4n) is 3.40. The topological polar surface area (TPSA) is 67.9 Å². The minimum absolute atomic E-state index is 0.0215. The number of likely N-dealkylation sites (tertiary alicyclic amines) is 1. The van der Waals surface area contributed by atoms with Gasteiger partial charge in [-0.1, -0.05) is 24.3 Å². The number of hydrogen-bond acceptors (Lipinski definition) is 4. The van der Waals surface area contributed by atoms with Crippen LogP contribution in [0.15, 0.2) is 48.5 Å². The Morgan fingerprint density at radius 2 is 1.68 bits per heavy atom. The number of rotatable bonds is 6. The molecular weight excluding hydrogens is 356 g/mol. The molecule has 1 N–H and O–H groups in total. The van der Waals surface area contributed by atoms with Crippen molar-refractivity contribution in [3.05, 3.63) is 54.1 Å². The number of hydrogen-bond donors (Lipinski definition) is 1. The Hall–Kier alpha value is -3.02. The summed E-state index contributed by atoms with van der Waals surface area (Å²) in [7, 11) is 3.20. The molecule has 0 aliphatic carbocycles. The van der Waals surface area contributed by atoms with Crippen molar-refractivity contribution in [2.75, 3.05) is 32.6 Å². The molecule has 0 bridgehead atoms. The maximum Gasteiger partial charge on any atom is 0.227 e. The number of amides is 2. The van der Waals surface area contributed by atoms with Crippen LogP contribution >= 0.6 is 0 Å². The zero-order chi connectivity index (χ0) is 19.9. The predicted molar refractivity (Wildman–Crippen MR) is 108 cm³/mol. The number of ether oxygens (including phenoxy) is 2. The second kappa shape index (κ2) is 9.26. The van der Waals surface area contributed by atoms with Gasteiger partial charge in [-0.2, -0.15) is 0 Å². The van der Waals surface area contributed by atoms with Crippen molar-refractivity contribution in [3.8, 4) is 11.5 Å². The van der Waals surface area contributed by atoms with Crippen LogP contribution in [0.1, 0.15) is 18.4 Å².